The summed E-state index contributed by atoms with van der Waals surface area (Å²) in [5.74, 6) is -12.6. The van der Waals surface area contributed by atoms with Crippen molar-refractivity contribution in [2.24, 2.45) is 11.8 Å². The van der Waals surface area contributed by atoms with E-state index in [0.29, 0.717) is 19.8 Å². The van der Waals surface area contributed by atoms with Crippen molar-refractivity contribution in [1.29, 1.82) is 0 Å². The zero-order valence-corrected chi connectivity index (χ0v) is 23.5. The molecule has 228 valence electrons. The van der Waals surface area contributed by atoms with Crippen molar-refractivity contribution in [2.45, 2.75) is 84.5 Å². The van der Waals surface area contributed by atoms with Crippen molar-refractivity contribution in [2.75, 3.05) is 6.54 Å². The van der Waals surface area contributed by atoms with Crippen molar-refractivity contribution >= 4 is 23.7 Å². The van der Waals surface area contributed by atoms with E-state index in [-0.39, 0.29) is 25.3 Å². The molecule has 2 N–H and O–H groups in total. The quantitative estimate of drug-likeness (QED) is 0.230. The molecule has 0 saturated carbocycles. The highest BCUT2D eigenvalue weighted by Crippen LogP contribution is 2.43. The van der Waals surface area contributed by atoms with E-state index in [1.54, 1.807) is 38.4 Å². The van der Waals surface area contributed by atoms with Crippen LogP contribution in [0.1, 0.15) is 59.4 Å². The third kappa shape index (κ3) is 8.70. The van der Waals surface area contributed by atoms with Crippen LogP contribution in [0.5, 0.6) is 0 Å². The number of halogens is 5. The van der Waals surface area contributed by atoms with Crippen LogP contribution >= 0.6 is 0 Å². The van der Waals surface area contributed by atoms with E-state index >= 15 is 0 Å². The van der Waals surface area contributed by atoms with E-state index in [4.69, 9.17) is 0 Å². The fraction of sp³-hybridized carbons (Fsp3) is 0.593. The predicted molar refractivity (Wildman–Crippen MR) is 137 cm³/mol. The summed E-state index contributed by atoms with van der Waals surface area (Å²) >= 11 is 0. The topological polar surface area (TPSA) is 118 Å². The first-order valence-electron chi connectivity index (χ1n) is 13.1. The molecular weight excluding hydrogens is 555 g/mol. The number of aryl methyl sites for hydroxylation is 1. The molecule has 41 heavy (non-hydrogen) atoms. The first-order valence-corrected chi connectivity index (χ1v) is 13.1. The number of alkyl halides is 5. The van der Waals surface area contributed by atoms with Gasteiger partial charge in [0.05, 0.1) is 5.70 Å². The standard InChI is InChI=1S/C27H35F5N4O5/c1-15(2)21(23(41-17(5)37)26(28,29)27(30,31)32)35-24(39)19-9-7-13-36(19)25(40)22(16(3)4)34-20(38)11-10-18-8-6-12-33-14-18/h6,8,12,14-16,19,22H,7,9-11,13H2,1-5H3,(H,34,38)(H,35,39)/b23-21+/t19-,22-/m0/s1. The lowest BCUT2D eigenvalue weighted by molar-refractivity contribution is -0.276. The molecule has 1 fully saturated rings. The Labute approximate surface area is 234 Å². The fourth-order valence-corrected chi connectivity index (χ4v) is 4.28. The number of carbonyl (C=O) groups excluding carboxylic acids is 4. The highest BCUT2D eigenvalue weighted by atomic mass is 19.4. The number of aromatic nitrogens is 1. The van der Waals surface area contributed by atoms with E-state index in [0.717, 1.165) is 5.56 Å². The van der Waals surface area contributed by atoms with Gasteiger partial charge in [-0.2, -0.15) is 22.0 Å². The molecule has 9 nitrogen and oxygen atoms in total. The molecule has 0 aliphatic carbocycles. The number of nitrogens with zero attached hydrogens (tertiary/aromatic N) is 2. The zero-order chi connectivity index (χ0) is 31.1. The third-order valence-electron chi connectivity index (χ3n) is 6.42. The maximum Gasteiger partial charge on any atom is 0.461 e. The first kappa shape index (κ1) is 33.6. The molecular formula is C27H35F5N4O5. The van der Waals surface area contributed by atoms with Gasteiger partial charge < -0.3 is 20.3 Å². The van der Waals surface area contributed by atoms with Crippen LogP contribution in [0, 0.1) is 11.8 Å². The Morgan fingerprint density at radius 2 is 1.78 bits per heavy atom. The molecule has 0 aromatic carbocycles. The van der Waals surface area contributed by atoms with Crippen LogP contribution in [0.25, 0.3) is 0 Å². The highest BCUT2D eigenvalue weighted by Gasteiger charge is 2.63. The lowest BCUT2D eigenvalue weighted by Gasteiger charge is -2.31. The number of esters is 1. The number of nitrogens with one attached hydrogen (secondary N) is 2. The van der Waals surface area contributed by atoms with E-state index in [1.807, 2.05) is 0 Å². The lowest BCUT2D eigenvalue weighted by atomic mass is 10.0. The first-order chi connectivity index (χ1) is 19.0. The minimum Gasteiger partial charge on any atom is -0.422 e. The van der Waals surface area contributed by atoms with Gasteiger partial charge in [0.25, 0.3) is 0 Å². The number of allylic oxidation sites excluding steroid dienone is 2. The normalized spacial score (nSPS) is 17.3. The SMILES string of the molecule is CC(=O)O/C(=C(/NC(=O)[C@@H]1CCCN1C(=O)[C@@H](NC(=O)CCc1cccnc1)C(C)C)C(C)C)C(F)(F)C(F)(F)F. The summed E-state index contributed by atoms with van der Waals surface area (Å²) in [6.45, 7) is 6.61. The van der Waals surface area contributed by atoms with Gasteiger partial charge in [-0.3, -0.25) is 24.2 Å². The number of hydrogen-bond donors (Lipinski definition) is 2. The van der Waals surface area contributed by atoms with Crippen LogP contribution in [-0.2, 0) is 30.3 Å². The maximum atomic E-state index is 14.4. The van der Waals surface area contributed by atoms with Crippen molar-refractivity contribution in [3.63, 3.8) is 0 Å². The number of pyridine rings is 1. The fourth-order valence-electron chi connectivity index (χ4n) is 4.28. The zero-order valence-electron chi connectivity index (χ0n) is 23.5. The third-order valence-corrected chi connectivity index (χ3v) is 6.42. The molecule has 0 radical (unpaired) electrons. The van der Waals surface area contributed by atoms with Crippen LogP contribution < -0.4 is 10.6 Å². The van der Waals surface area contributed by atoms with Gasteiger partial charge in [-0.05, 0) is 42.7 Å². The van der Waals surface area contributed by atoms with Gasteiger partial charge in [-0.15, -0.1) is 0 Å². The maximum absolute atomic E-state index is 14.4. The highest BCUT2D eigenvalue weighted by molar-refractivity contribution is 5.93. The van der Waals surface area contributed by atoms with Gasteiger partial charge >= 0.3 is 18.1 Å². The van der Waals surface area contributed by atoms with Gasteiger partial charge in [-0.1, -0.05) is 33.8 Å². The Morgan fingerprint density at radius 3 is 2.29 bits per heavy atom. The number of likely N-dealkylation sites (tertiary alicyclic amines) is 1. The Balaban J connectivity index is 2.27. The Kier molecular flexibility index (Phi) is 11.4. The summed E-state index contributed by atoms with van der Waals surface area (Å²) in [5.41, 5.74) is -0.111. The number of carbonyl (C=O) groups is 4. The molecule has 3 amide bonds. The van der Waals surface area contributed by atoms with Gasteiger partial charge in [0.1, 0.15) is 12.1 Å². The van der Waals surface area contributed by atoms with Crippen molar-refractivity contribution in [3.8, 4) is 0 Å². The van der Waals surface area contributed by atoms with E-state index < -0.39 is 65.2 Å². The molecule has 1 aliphatic rings. The van der Waals surface area contributed by atoms with Gasteiger partial charge in [-0.25, -0.2) is 0 Å². The van der Waals surface area contributed by atoms with Gasteiger partial charge in [0, 0.05) is 32.3 Å². The van der Waals surface area contributed by atoms with Crippen LogP contribution in [0.3, 0.4) is 0 Å². The average Bonchev–Trinajstić information content (AvgIpc) is 3.37. The Bertz CT molecular complexity index is 1140. The number of ether oxygens (including phenoxy) is 1. The molecule has 0 unspecified atom stereocenters. The monoisotopic (exact) mass is 590 g/mol. The van der Waals surface area contributed by atoms with Gasteiger partial charge in [0.2, 0.25) is 23.5 Å². The molecule has 2 rings (SSSR count). The molecule has 14 heteroatoms. The molecule has 1 aromatic rings. The average molecular weight is 591 g/mol. The summed E-state index contributed by atoms with van der Waals surface area (Å²) in [6.07, 6.45) is -2.01. The summed E-state index contributed by atoms with van der Waals surface area (Å²) in [5, 5.41) is 4.76. The predicted octanol–water partition coefficient (Wildman–Crippen LogP) is 3.89. The minimum atomic E-state index is -6.11. The second-order valence-corrected chi connectivity index (χ2v) is 10.4. The van der Waals surface area contributed by atoms with Crippen LogP contribution in [0.4, 0.5) is 22.0 Å². The summed E-state index contributed by atoms with van der Waals surface area (Å²) in [6, 6.07) is 1.29. The van der Waals surface area contributed by atoms with Crippen molar-refractivity contribution in [1.82, 2.24) is 20.5 Å². The molecule has 0 bridgehead atoms. The van der Waals surface area contributed by atoms with E-state index in [2.05, 4.69) is 20.4 Å². The second kappa shape index (κ2) is 13.9. The second-order valence-electron chi connectivity index (χ2n) is 10.4. The molecule has 2 heterocycles. The smallest absolute Gasteiger partial charge is 0.422 e. The molecule has 1 aliphatic heterocycles. The molecule has 2 atom stereocenters. The molecule has 1 aromatic heterocycles. The largest absolute Gasteiger partial charge is 0.461 e. The number of amides is 3. The Morgan fingerprint density at radius 1 is 1.12 bits per heavy atom. The summed E-state index contributed by atoms with van der Waals surface area (Å²) in [4.78, 5) is 55.9. The van der Waals surface area contributed by atoms with Crippen molar-refractivity contribution < 1.29 is 45.9 Å². The summed E-state index contributed by atoms with van der Waals surface area (Å²) < 4.78 is 72.6. The number of rotatable bonds is 11. The van der Waals surface area contributed by atoms with E-state index in [9.17, 15) is 41.1 Å². The van der Waals surface area contributed by atoms with Crippen LogP contribution in [-0.4, -0.2) is 64.3 Å². The molecule has 0 spiro atoms. The molecule has 1 saturated heterocycles. The lowest BCUT2D eigenvalue weighted by Crippen LogP contribution is -2.55. The summed E-state index contributed by atoms with van der Waals surface area (Å²) in [7, 11) is 0. The van der Waals surface area contributed by atoms with Crippen LogP contribution in [0.2, 0.25) is 0 Å². The van der Waals surface area contributed by atoms with Gasteiger partial charge in [0.15, 0.2) is 0 Å². The number of hydrogen-bond acceptors (Lipinski definition) is 6. The minimum absolute atomic E-state index is 0.0704. The van der Waals surface area contributed by atoms with E-state index in [1.165, 1.54) is 18.7 Å². The Hall–Kier alpha value is -3.58. The van der Waals surface area contributed by atoms with Crippen molar-refractivity contribution in [3.05, 3.63) is 41.5 Å². The van der Waals surface area contributed by atoms with Crippen LogP contribution in [0.15, 0.2) is 36.0 Å².